The summed E-state index contributed by atoms with van der Waals surface area (Å²) in [5, 5.41) is 9.20. The first-order chi connectivity index (χ1) is 12.5. The molecule has 6 heteroatoms. The molecule has 0 aliphatic carbocycles. The van der Waals surface area contributed by atoms with Crippen LogP contribution >= 0.6 is 11.8 Å². The molecule has 2 aromatic rings. The van der Waals surface area contributed by atoms with Crippen LogP contribution in [0, 0.1) is 0 Å². The molecule has 5 nitrogen and oxygen atoms in total. The number of pyridine rings is 1. The number of aliphatic hydroxyl groups excluding tert-OH is 1. The SMILES string of the molecule is C[C@@H](O)c1ccc(CCOc2ccc(C[C@H]3SC(=O)CC3=O)cc2)nc1. The standard InChI is InChI=1S/C20H21NO4S/c1-13(22)15-4-5-16(21-12-15)8-9-25-17-6-2-14(3-7-17)10-19-18(23)11-20(24)26-19/h2-7,12-13,19,22H,8-11H2,1H3/t13-,19-/m1/s1. The van der Waals surface area contributed by atoms with Crippen LogP contribution in [0.15, 0.2) is 42.6 Å². The van der Waals surface area contributed by atoms with Gasteiger partial charge in [-0.2, -0.15) is 0 Å². The van der Waals surface area contributed by atoms with Gasteiger partial charge < -0.3 is 9.84 Å². The third-order valence-electron chi connectivity index (χ3n) is 4.25. The lowest BCUT2D eigenvalue weighted by atomic mass is 10.1. The van der Waals surface area contributed by atoms with E-state index in [1.54, 1.807) is 13.1 Å². The van der Waals surface area contributed by atoms with Crippen molar-refractivity contribution in [3.8, 4) is 5.75 Å². The van der Waals surface area contributed by atoms with E-state index in [2.05, 4.69) is 4.98 Å². The molecule has 1 saturated heterocycles. The second-order valence-corrected chi connectivity index (χ2v) is 7.59. The lowest BCUT2D eigenvalue weighted by Crippen LogP contribution is -2.13. The normalized spacial score (nSPS) is 18.2. The van der Waals surface area contributed by atoms with Crippen molar-refractivity contribution in [3.63, 3.8) is 0 Å². The molecular weight excluding hydrogens is 350 g/mol. The van der Waals surface area contributed by atoms with Crippen LogP contribution in [-0.4, -0.2) is 32.8 Å². The first-order valence-corrected chi connectivity index (χ1v) is 9.46. The monoisotopic (exact) mass is 371 g/mol. The zero-order valence-corrected chi connectivity index (χ0v) is 15.4. The van der Waals surface area contributed by atoms with Crippen LogP contribution in [0.2, 0.25) is 0 Å². The number of ketones is 1. The quantitative estimate of drug-likeness (QED) is 0.754. The van der Waals surface area contributed by atoms with Gasteiger partial charge in [-0.1, -0.05) is 30.0 Å². The Morgan fingerprint density at radius 1 is 1.23 bits per heavy atom. The number of rotatable bonds is 7. The van der Waals surface area contributed by atoms with Gasteiger partial charge in [-0.05, 0) is 42.7 Å². The maximum absolute atomic E-state index is 11.7. The molecule has 0 unspecified atom stereocenters. The second kappa shape index (κ2) is 8.47. The minimum atomic E-state index is -0.512. The van der Waals surface area contributed by atoms with E-state index in [0.717, 1.165) is 34.3 Å². The minimum absolute atomic E-state index is 0.0226. The lowest BCUT2D eigenvalue weighted by molar-refractivity contribution is -0.121. The summed E-state index contributed by atoms with van der Waals surface area (Å²) in [7, 11) is 0. The highest BCUT2D eigenvalue weighted by Crippen LogP contribution is 2.28. The Morgan fingerprint density at radius 2 is 2.00 bits per heavy atom. The molecule has 0 amide bonds. The van der Waals surface area contributed by atoms with Crippen LogP contribution in [0.5, 0.6) is 5.75 Å². The molecule has 1 aliphatic heterocycles. The number of hydrogen-bond acceptors (Lipinski definition) is 6. The average Bonchev–Trinajstić information content (AvgIpc) is 2.94. The molecule has 1 N–H and O–H groups in total. The Morgan fingerprint density at radius 3 is 2.58 bits per heavy atom. The Hall–Kier alpha value is -2.18. The van der Waals surface area contributed by atoms with Crippen LogP contribution in [-0.2, 0) is 22.4 Å². The maximum Gasteiger partial charge on any atom is 0.197 e. The van der Waals surface area contributed by atoms with Crippen LogP contribution in [0.3, 0.4) is 0 Å². The summed E-state index contributed by atoms with van der Waals surface area (Å²) in [6.07, 6.45) is 2.49. The fraction of sp³-hybridized carbons (Fsp3) is 0.350. The van der Waals surface area contributed by atoms with Crippen molar-refractivity contribution in [1.82, 2.24) is 4.98 Å². The molecule has 0 bridgehead atoms. The number of Topliss-reactive ketones (excluding diaryl/α,β-unsaturated/α-hetero) is 1. The van der Waals surface area contributed by atoms with Crippen molar-refractivity contribution in [1.29, 1.82) is 0 Å². The molecule has 0 radical (unpaired) electrons. The van der Waals surface area contributed by atoms with Gasteiger partial charge in [-0.3, -0.25) is 14.6 Å². The second-order valence-electron chi connectivity index (χ2n) is 6.33. The van der Waals surface area contributed by atoms with Gasteiger partial charge in [0.25, 0.3) is 0 Å². The summed E-state index contributed by atoms with van der Waals surface area (Å²) in [6.45, 7) is 2.22. The largest absolute Gasteiger partial charge is 0.493 e. The molecule has 26 heavy (non-hydrogen) atoms. The number of aliphatic hydroxyl groups is 1. The average molecular weight is 371 g/mol. The van der Waals surface area contributed by atoms with E-state index in [1.165, 1.54) is 0 Å². The predicted molar refractivity (Wildman–Crippen MR) is 100 cm³/mol. The Labute approximate surface area is 156 Å². The van der Waals surface area contributed by atoms with Gasteiger partial charge in [0, 0.05) is 18.3 Å². The van der Waals surface area contributed by atoms with E-state index in [-0.39, 0.29) is 22.6 Å². The third-order valence-corrected chi connectivity index (χ3v) is 5.37. The summed E-state index contributed by atoms with van der Waals surface area (Å²) in [6, 6.07) is 11.4. The Bertz CT molecular complexity index is 771. The van der Waals surface area contributed by atoms with Gasteiger partial charge in [-0.25, -0.2) is 0 Å². The molecule has 2 atom stereocenters. The number of thioether (sulfide) groups is 1. The highest BCUT2D eigenvalue weighted by Gasteiger charge is 2.31. The summed E-state index contributed by atoms with van der Waals surface area (Å²) in [4.78, 5) is 27.3. The molecule has 0 saturated carbocycles. The van der Waals surface area contributed by atoms with Crippen LogP contribution in [0.4, 0.5) is 0 Å². The van der Waals surface area contributed by atoms with Crippen LogP contribution in [0.25, 0.3) is 0 Å². The van der Waals surface area contributed by atoms with Crippen molar-refractivity contribution in [2.45, 2.75) is 37.5 Å². The molecule has 1 aliphatic rings. The molecular formula is C20H21NO4S. The van der Waals surface area contributed by atoms with E-state index in [0.29, 0.717) is 19.4 Å². The van der Waals surface area contributed by atoms with Crippen molar-refractivity contribution in [2.75, 3.05) is 6.61 Å². The fourth-order valence-corrected chi connectivity index (χ4v) is 3.75. The molecule has 1 aromatic heterocycles. The minimum Gasteiger partial charge on any atom is -0.493 e. The van der Waals surface area contributed by atoms with Gasteiger partial charge in [0.15, 0.2) is 10.9 Å². The van der Waals surface area contributed by atoms with Crippen molar-refractivity contribution < 1.29 is 19.4 Å². The van der Waals surface area contributed by atoms with Crippen molar-refractivity contribution in [3.05, 3.63) is 59.4 Å². The lowest BCUT2D eigenvalue weighted by Gasteiger charge is -2.09. The van der Waals surface area contributed by atoms with E-state index >= 15 is 0 Å². The van der Waals surface area contributed by atoms with E-state index in [1.807, 2.05) is 36.4 Å². The molecule has 0 spiro atoms. The molecule has 1 aromatic carbocycles. The molecule has 136 valence electrons. The van der Waals surface area contributed by atoms with E-state index < -0.39 is 6.10 Å². The fourth-order valence-electron chi connectivity index (χ4n) is 2.72. The third kappa shape index (κ3) is 4.93. The van der Waals surface area contributed by atoms with Crippen LogP contribution < -0.4 is 4.74 Å². The summed E-state index contributed by atoms with van der Waals surface area (Å²) < 4.78 is 5.74. The molecule has 2 heterocycles. The summed E-state index contributed by atoms with van der Waals surface area (Å²) >= 11 is 1.14. The Balaban J connectivity index is 1.47. The van der Waals surface area contributed by atoms with Gasteiger partial charge in [0.05, 0.1) is 24.4 Å². The van der Waals surface area contributed by atoms with Gasteiger partial charge in [0.1, 0.15) is 5.75 Å². The van der Waals surface area contributed by atoms with Crippen LogP contribution in [0.1, 0.15) is 36.3 Å². The summed E-state index contributed by atoms with van der Waals surface area (Å²) in [5.74, 6) is 0.783. The van der Waals surface area contributed by atoms with Gasteiger partial charge in [-0.15, -0.1) is 0 Å². The van der Waals surface area contributed by atoms with Crippen molar-refractivity contribution >= 4 is 22.7 Å². The highest BCUT2D eigenvalue weighted by molar-refractivity contribution is 8.15. The number of carbonyl (C=O) groups excluding carboxylic acids is 2. The van der Waals surface area contributed by atoms with Gasteiger partial charge >= 0.3 is 0 Å². The van der Waals surface area contributed by atoms with E-state index in [4.69, 9.17) is 4.74 Å². The smallest absolute Gasteiger partial charge is 0.197 e. The first kappa shape index (κ1) is 18.6. The number of nitrogens with zero attached hydrogens (tertiary/aromatic N) is 1. The molecule has 1 fully saturated rings. The number of ether oxygens (including phenoxy) is 1. The zero-order chi connectivity index (χ0) is 18.5. The Kier molecular flexibility index (Phi) is 6.06. The van der Waals surface area contributed by atoms with Gasteiger partial charge in [0.2, 0.25) is 0 Å². The van der Waals surface area contributed by atoms with Crippen molar-refractivity contribution in [2.24, 2.45) is 0 Å². The highest BCUT2D eigenvalue weighted by atomic mass is 32.2. The number of hydrogen-bond donors (Lipinski definition) is 1. The predicted octanol–water partition coefficient (Wildman–Crippen LogP) is 2.90. The maximum atomic E-state index is 11.7. The molecule has 3 rings (SSSR count). The first-order valence-electron chi connectivity index (χ1n) is 8.58. The van der Waals surface area contributed by atoms with E-state index in [9.17, 15) is 14.7 Å². The number of aromatic nitrogens is 1. The number of carbonyl (C=O) groups is 2. The summed E-state index contributed by atoms with van der Waals surface area (Å²) in [5.41, 5.74) is 2.73. The topological polar surface area (TPSA) is 76.5 Å². The zero-order valence-electron chi connectivity index (χ0n) is 14.6. The number of benzene rings is 1.